The highest BCUT2D eigenvalue weighted by Gasteiger charge is 2.38. The van der Waals surface area contributed by atoms with Gasteiger partial charge in [-0.2, -0.15) is 13.2 Å². The van der Waals surface area contributed by atoms with Gasteiger partial charge in [0.1, 0.15) is 11.9 Å². The Morgan fingerprint density at radius 3 is 2.31 bits per heavy atom. The standard InChI is InChI=1S/C16H16ClNO.C2HF3O2/c1-11-3-2-4-12(7-11)13-5-6-15(17)16(8-13)19-14-9-18-10-14;3-2(4,5)1(6)7/h2-8,14,18H,9-10H2,1H3;(H,6,7). The molecule has 2 aromatic carbocycles. The van der Waals surface area contributed by atoms with Gasteiger partial charge in [0.2, 0.25) is 0 Å². The molecule has 2 aromatic rings. The monoisotopic (exact) mass is 387 g/mol. The van der Waals surface area contributed by atoms with Crippen molar-refractivity contribution in [3.63, 3.8) is 0 Å². The fourth-order valence-corrected chi connectivity index (χ4v) is 2.29. The lowest BCUT2D eigenvalue weighted by Gasteiger charge is -2.28. The van der Waals surface area contributed by atoms with Crippen LogP contribution in [0.3, 0.4) is 0 Å². The summed E-state index contributed by atoms with van der Waals surface area (Å²) in [7, 11) is 0. The summed E-state index contributed by atoms with van der Waals surface area (Å²) in [5.74, 6) is -1.99. The fraction of sp³-hybridized carbons (Fsp3) is 0.278. The second-order valence-electron chi connectivity index (χ2n) is 5.72. The minimum absolute atomic E-state index is 0.241. The molecule has 1 heterocycles. The molecule has 1 saturated heterocycles. The molecule has 0 radical (unpaired) electrons. The van der Waals surface area contributed by atoms with E-state index in [2.05, 4.69) is 36.5 Å². The molecular formula is C18H17ClF3NO3. The molecule has 1 aliphatic heterocycles. The average Bonchev–Trinajstić information content (AvgIpc) is 2.52. The topological polar surface area (TPSA) is 58.6 Å². The molecule has 0 atom stereocenters. The molecule has 0 bridgehead atoms. The van der Waals surface area contributed by atoms with E-state index in [1.165, 1.54) is 11.1 Å². The van der Waals surface area contributed by atoms with E-state index in [1.54, 1.807) is 0 Å². The smallest absolute Gasteiger partial charge is 0.486 e. The molecule has 0 amide bonds. The summed E-state index contributed by atoms with van der Waals surface area (Å²) < 4.78 is 37.6. The maximum atomic E-state index is 10.6. The zero-order valence-corrected chi connectivity index (χ0v) is 14.6. The zero-order chi connectivity index (χ0) is 19.3. The van der Waals surface area contributed by atoms with E-state index in [0.717, 1.165) is 24.4 Å². The third-order valence-corrected chi connectivity index (χ3v) is 3.88. The number of aliphatic carboxylic acids is 1. The molecule has 8 heteroatoms. The number of alkyl halides is 3. The minimum atomic E-state index is -5.08. The first-order valence-corrected chi connectivity index (χ1v) is 8.08. The van der Waals surface area contributed by atoms with Crippen LogP contribution in [0.15, 0.2) is 42.5 Å². The van der Waals surface area contributed by atoms with Crippen LogP contribution in [0.5, 0.6) is 5.75 Å². The summed E-state index contributed by atoms with van der Waals surface area (Å²) in [5.41, 5.74) is 3.57. The number of ether oxygens (including phenoxy) is 1. The Balaban J connectivity index is 0.000000298. The van der Waals surface area contributed by atoms with Crippen molar-refractivity contribution in [2.75, 3.05) is 13.1 Å². The van der Waals surface area contributed by atoms with E-state index in [-0.39, 0.29) is 6.10 Å². The number of carboxylic acids is 1. The molecule has 1 aliphatic rings. The molecule has 0 saturated carbocycles. The maximum absolute atomic E-state index is 10.6. The van der Waals surface area contributed by atoms with Gasteiger partial charge < -0.3 is 15.2 Å². The van der Waals surface area contributed by atoms with Gasteiger partial charge in [-0.3, -0.25) is 0 Å². The Bertz CT molecular complexity index is 777. The Morgan fingerprint density at radius 1 is 1.19 bits per heavy atom. The van der Waals surface area contributed by atoms with Crippen molar-refractivity contribution in [1.29, 1.82) is 0 Å². The number of halogens is 4. The first-order valence-electron chi connectivity index (χ1n) is 7.71. The van der Waals surface area contributed by atoms with Gasteiger partial charge in [0.15, 0.2) is 0 Å². The number of aryl methyl sites for hydroxylation is 1. The van der Waals surface area contributed by atoms with Crippen molar-refractivity contribution in [2.24, 2.45) is 0 Å². The second-order valence-corrected chi connectivity index (χ2v) is 6.12. The molecule has 0 aliphatic carbocycles. The molecular weight excluding hydrogens is 371 g/mol. The third kappa shape index (κ3) is 5.64. The lowest BCUT2D eigenvalue weighted by molar-refractivity contribution is -0.192. The summed E-state index contributed by atoms with van der Waals surface area (Å²) >= 11 is 6.19. The van der Waals surface area contributed by atoms with Crippen molar-refractivity contribution in [1.82, 2.24) is 5.32 Å². The van der Waals surface area contributed by atoms with E-state index in [4.69, 9.17) is 26.2 Å². The Labute approximate surface area is 153 Å². The van der Waals surface area contributed by atoms with Gasteiger partial charge in [0.05, 0.1) is 5.02 Å². The van der Waals surface area contributed by atoms with Gasteiger partial charge in [0.25, 0.3) is 0 Å². The van der Waals surface area contributed by atoms with Crippen LogP contribution >= 0.6 is 11.6 Å². The van der Waals surface area contributed by atoms with Gasteiger partial charge >= 0.3 is 12.1 Å². The Morgan fingerprint density at radius 2 is 1.81 bits per heavy atom. The SMILES string of the molecule is Cc1cccc(-c2ccc(Cl)c(OC3CNC3)c2)c1.O=C(O)C(F)(F)F. The number of carbonyl (C=O) groups is 1. The van der Waals surface area contributed by atoms with Crippen molar-refractivity contribution in [2.45, 2.75) is 19.2 Å². The molecule has 140 valence electrons. The van der Waals surface area contributed by atoms with E-state index in [0.29, 0.717) is 5.02 Å². The number of rotatable bonds is 3. The van der Waals surface area contributed by atoms with Gasteiger partial charge in [-0.05, 0) is 30.2 Å². The second kappa shape index (κ2) is 8.42. The minimum Gasteiger partial charge on any atom is -0.486 e. The van der Waals surface area contributed by atoms with Crippen LogP contribution in [0.25, 0.3) is 11.1 Å². The van der Waals surface area contributed by atoms with Crippen molar-refractivity contribution in [3.8, 4) is 16.9 Å². The average molecular weight is 388 g/mol. The summed E-state index contributed by atoms with van der Waals surface area (Å²) in [6.07, 6.45) is -4.84. The van der Waals surface area contributed by atoms with Gasteiger partial charge in [-0.15, -0.1) is 0 Å². The Hall–Kier alpha value is -2.25. The zero-order valence-electron chi connectivity index (χ0n) is 13.8. The van der Waals surface area contributed by atoms with Gasteiger partial charge in [0, 0.05) is 13.1 Å². The number of carboxylic acid groups (broad SMARTS) is 1. The van der Waals surface area contributed by atoms with Crippen molar-refractivity contribution in [3.05, 3.63) is 53.1 Å². The van der Waals surface area contributed by atoms with Crippen LogP contribution in [0, 0.1) is 6.92 Å². The summed E-state index contributed by atoms with van der Waals surface area (Å²) in [6, 6.07) is 14.4. The molecule has 1 fully saturated rings. The normalized spacial score (nSPS) is 14.0. The van der Waals surface area contributed by atoms with Crippen LogP contribution in [0.1, 0.15) is 5.56 Å². The summed E-state index contributed by atoms with van der Waals surface area (Å²) in [4.78, 5) is 8.90. The molecule has 3 rings (SSSR count). The number of nitrogens with one attached hydrogen (secondary N) is 1. The van der Waals surface area contributed by atoms with E-state index in [9.17, 15) is 13.2 Å². The first-order chi connectivity index (χ1) is 12.2. The highest BCUT2D eigenvalue weighted by Crippen LogP contribution is 2.31. The fourth-order valence-electron chi connectivity index (χ4n) is 2.12. The van der Waals surface area contributed by atoms with Gasteiger partial charge in [-0.25, -0.2) is 4.79 Å². The lowest BCUT2D eigenvalue weighted by atomic mass is 10.0. The quantitative estimate of drug-likeness (QED) is 0.824. The molecule has 0 aromatic heterocycles. The van der Waals surface area contributed by atoms with Gasteiger partial charge in [-0.1, -0.05) is 47.5 Å². The molecule has 26 heavy (non-hydrogen) atoms. The third-order valence-electron chi connectivity index (χ3n) is 3.56. The summed E-state index contributed by atoms with van der Waals surface area (Å²) in [5, 5.41) is 11.0. The molecule has 4 nitrogen and oxygen atoms in total. The van der Waals surface area contributed by atoms with E-state index >= 15 is 0 Å². The summed E-state index contributed by atoms with van der Waals surface area (Å²) in [6.45, 7) is 3.88. The van der Waals surface area contributed by atoms with Crippen LogP contribution in [-0.2, 0) is 4.79 Å². The number of benzene rings is 2. The highest BCUT2D eigenvalue weighted by atomic mass is 35.5. The van der Waals surface area contributed by atoms with Crippen LogP contribution in [-0.4, -0.2) is 36.4 Å². The predicted octanol–water partition coefficient (Wildman–Crippen LogP) is 4.30. The lowest BCUT2D eigenvalue weighted by Crippen LogP contribution is -2.50. The van der Waals surface area contributed by atoms with Crippen LogP contribution in [0.4, 0.5) is 13.2 Å². The predicted molar refractivity (Wildman–Crippen MR) is 92.6 cm³/mol. The largest absolute Gasteiger partial charge is 0.490 e. The number of hydrogen-bond acceptors (Lipinski definition) is 3. The van der Waals surface area contributed by atoms with Crippen molar-refractivity contribution < 1.29 is 27.8 Å². The highest BCUT2D eigenvalue weighted by molar-refractivity contribution is 6.32. The Kier molecular flexibility index (Phi) is 6.50. The van der Waals surface area contributed by atoms with Crippen LogP contribution in [0.2, 0.25) is 5.02 Å². The first kappa shape index (κ1) is 20.1. The van der Waals surface area contributed by atoms with Crippen LogP contribution < -0.4 is 10.1 Å². The molecule has 2 N–H and O–H groups in total. The molecule has 0 spiro atoms. The van der Waals surface area contributed by atoms with E-state index in [1.807, 2.05) is 18.2 Å². The van der Waals surface area contributed by atoms with Crippen molar-refractivity contribution >= 4 is 17.6 Å². The van der Waals surface area contributed by atoms with E-state index < -0.39 is 12.1 Å². The maximum Gasteiger partial charge on any atom is 0.490 e. The molecule has 0 unspecified atom stereocenters. The number of hydrogen-bond donors (Lipinski definition) is 2.